The molecule has 4 nitrogen and oxygen atoms in total. The Labute approximate surface area is 136 Å². The van der Waals surface area contributed by atoms with E-state index in [1.165, 1.54) is 10.5 Å². The number of rotatable bonds is 4. The minimum Gasteiger partial charge on any atom is -0.313 e. The van der Waals surface area contributed by atoms with Gasteiger partial charge in [-0.3, -0.25) is 4.40 Å². The van der Waals surface area contributed by atoms with E-state index >= 15 is 0 Å². The molecule has 0 aliphatic rings. The average molecular weight is 363 g/mol. The topological polar surface area (TPSA) is 42.2 Å². The van der Waals surface area contributed by atoms with Crippen molar-refractivity contribution < 1.29 is 0 Å². The Hall–Kier alpha value is -1.37. The Morgan fingerprint density at radius 3 is 2.90 bits per heavy atom. The van der Waals surface area contributed by atoms with E-state index < -0.39 is 0 Å². The van der Waals surface area contributed by atoms with Crippen molar-refractivity contribution in [2.45, 2.75) is 23.0 Å². The number of fused-ring (bicyclic) bond motifs is 1. The molecule has 1 N–H and O–H groups in total. The Balaban J connectivity index is 2.01. The molecule has 0 saturated heterocycles. The zero-order valence-corrected chi connectivity index (χ0v) is 14.1. The molecule has 0 aliphatic heterocycles. The Kier molecular flexibility index (Phi) is 4.28. The second-order valence-electron chi connectivity index (χ2n) is 4.71. The van der Waals surface area contributed by atoms with Crippen molar-refractivity contribution in [1.29, 1.82) is 0 Å². The van der Waals surface area contributed by atoms with Crippen LogP contribution >= 0.6 is 27.7 Å². The van der Waals surface area contributed by atoms with Crippen molar-refractivity contribution in [3.63, 3.8) is 0 Å². The number of pyridine rings is 1. The number of nitrogens with zero attached hydrogens (tertiary/aromatic N) is 3. The molecule has 6 heteroatoms. The molecule has 0 aliphatic carbocycles. The van der Waals surface area contributed by atoms with Gasteiger partial charge in [0.15, 0.2) is 10.8 Å². The van der Waals surface area contributed by atoms with Gasteiger partial charge in [-0.2, -0.15) is 0 Å². The fourth-order valence-electron chi connectivity index (χ4n) is 2.09. The molecule has 3 aromatic rings. The molecule has 0 fully saturated rings. The predicted molar refractivity (Wildman–Crippen MR) is 88.7 cm³/mol. The number of halogens is 1. The van der Waals surface area contributed by atoms with Crippen LogP contribution < -0.4 is 5.32 Å². The number of benzene rings is 1. The lowest BCUT2D eigenvalue weighted by atomic mass is 10.1. The van der Waals surface area contributed by atoms with Crippen LogP contribution in [0.3, 0.4) is 0 Å². The fraction of sp³-hybridized carbons (Fsp3) is 0.200. The molecule has 3 rings (SSSR count). The first-order valence-electron chi connectivity index (χ1n) is 6.63. The van der Waals surface area contributed by atoms with Gasteiger partial charge >= 0.3 is 0 Å². The van der Waals surface area contributed by atoms with Crippen molar-refractivity contribution in [2.75, 3.05) is 7.05 Å². The average Bonchev–Trinajstić information content (AvgIpc) is 2.91. The lowest BCUT2D eigenvalue weighted by Gasteiger charge is -2.15. The lowest BCUT2D eigenvalue weighted by Crippen LogP contribution is -2.13. The van der Waals surface area contributed by atoms with Crippen LogP contribution in [0.15, 0.2) is 57.1 Å². The Bertz CT molecular complexity index is 771. The van der Waals surface area contributed by atoms with Gasteiger partial charge in [0.25, 0.3) is 0 Å². The molecule has 108 valence electrons. The third kappa shape index (κ3) is 2.97. The van der Waals surface area contributed by atoms with Crippen LogP contribution in [0, 0.1) is 0 Å². The monoisotopic (exact) mass is 362 g/mol. The highest BCUT2D eigenvalue weighted by molar-refractivity contribution is 9.10. The maximum atomic E-state index is 4.28. The van der Waals surface area contributed by atoms with Gasteiger partial charge in [0.1, 0.15) is 0 Å². The molecule has 1 unspecified atom stereocenters. The van der Waals surface area contributed by atoms with Gasteiger partial charge in [-0.25, -0.2) is 0 Å². The summed E-state index contributed by atoms with van der Waals surface area (Å²) in [6, 6.07) is 12.5. The summed E-state index contributed by atoms with van der Waals surface area (Å²) in [4.78, 5) is 1.18. The van der Waals surface area contributed by atoms with Crippen molar-refractivity contribution in [3.8, 4) is 0 Å². The molecular formula is C15H15BrN4S. The largest absolute Gasteiger partial charge is 0.313 e. The summed E-state index contributed by atoms with van der Waals surface area (Å²) in [6.07, 6.45) is 1.98. The van der Waals surface area contributed by atoms with Crippen molar-refractivity contribution in [3.05, 3.63) is 52.6 Å². The molecule has 0 spiro atoms. The maximum Gasteiger partial charge on any atom is 0.200 e. The highest BCUT2D eigenvalue weighted by Gasteiger charge is 2.14. The third-order valence-corrected chi connectivity index (χ3v) is 4.90. The van der Waals surface area contributed by atoms with Gasteiger partial charge in [-0.15, -0.1) is 10.2 Å². The smallest absolute Gasteiger partial charge is 0.200 e. The molecule has 0 bridgehead atoms. The predicted octanol–water partition coefficient (Wildman–Crippen LogP) is 3.92. The van der Waals surface area contributed by atoms with Crippen LogP contribution in [0.1, 0.15) is 18.5 Å². The van der Waals surface area contributed by atoms with Crippen LogP contribution in [0.4, 0.5) is 0 Å². The minimum atomic E-state index is 0.268. The molecule has 0 radical (unpaired) electrons. The number of aromatic nitrogens is 3. The summed E-state index contributed by atoms with van der Waals surface area (Å²) in [6.45, 7) is 2.15. The van der Waals surface area contributed by atoms with Gasteiger partial charge in [0.2, 0.25) is 0 Å². The number of nitrogens with one attached hydrogen (secondary N) is 1. The molecule has 2 heterocycles. The maximum absolute atomic E-state index is 4.28. The zero-order valence-electron chi connectivity index (χ0n) is 11.7. The van der Waals surface area contributed by atoms with E-state index in [0.717, 1.165) is 15.3 Å². The van der Waals surface area contributed by atoms with Crippen LogP contribution in [0.25, 0.3) is 5.65 Å². The second-order valence-corrected chi connectivity index (χ2v) is 6.63. The van der Waals surface area contributed by atoms with E-state index in [4.69, 9.17) is 0 Å². The summed E-state index contributed by atoms with van der Waals surface area (Å²) in [5.41, 5.74) is 2.10. The summed E-state index contributed by atoms with van der Waals surface area (Å²) >= 11 is 5.17. The number of hydrogen-bond acceptors (Lipinski definition) is 4. The molecule has 21 heavy (non-hydrogen) atoms. The van der Waals surface area contributed by atoms with Crippen LogP contribution in [0.5, 0.6) is 0 Å². The minimum absolute atomic E-state index is 0.268. The first kappa shape index (κ1) is 14.6. The quantitative estimate of drug-likeness (QED) is 0.763. The normalized spacial score (nSPS) is 12.7. The first-order chi connectivity index (χ1) is 10.2. The molecular weight excluding hydrogens is 348 g/mol. The van der Waals surface area contributed by atoms with Gasteiger partial charge in [-0.1, -0.05) is 22.0 Å². The molecule has 0 saturated carbocycles. The lowest BCUT2D eigenvalue weighted by molar-refractivity contribution is 0.640. The third-order valence-electron chi connectivity index (χ3n) is 3.36. The van der Waals surface area contributed by atoms with Crippen molar-refractivity contribution >= 4 is 33.3 Å². The van der Waals surface area contributed by atoms with Gasteiger partial charge in [-0.05, 0) is 61.6 Å². The van der Waals surface area contributed by atoms with E-state index in [1.807, 2.05) is 35.8 Å². The molecule has 1 atom stereocenters. The fourth-order valence-corrected chi connectivity index (χ4v) is 3.49. The molecule has 0 amide bonds. The summed E-state index contributed by atoms with van der Waals surface area (Å²) in [5.74, 6) is 0. The standard InChI is InChI=1S/C15H15BrN4S/c1-10(17-2)12-9-11(16)6-7-13(12)21-15-19-18-14-5-3-4-8-20(14)15/h3-10,17H,1-2H3. The number of hydrogen-bond donors (Lipinski definition) is 1. The Morgan fingerprint density at radius 1 is 1.24 bits per heavy atom. The summed E-state index contributed by atoms with van der Waals surface area (Å²) < 4.78 is 3.08. The highest BCUT2D eigenvalue weighted by atomic mass is 79.9. The van der Waals surface area contributed by atoms with E-state index in [9.17, 15) is 0 Å². The molecule has 2 aromatic heterocycles. The van der Waals surface area contributed by atoms with Crippen LogP contribution in [-0.2, 0) is 0 Å². The second kappa shape index (κ2) is 6.17. The van der Waals surface area contributed by atoms with E-state index in [2.05, 4.69) is 56.6 Å². The van der Waals surface area contributed by atoms with E-state index in [-0.39, 0.29) is 6.04 Å². The first-order valence-corrected chi connectivity index (χ1v) is 8.24. The van der Waals surface area contributed by atoms with Crippen molar-refractivity contribution in [1.82, 2.24) is 19.9 Å². The highest BCUT2D eigenvalue weighted by Crippen LogP contribution is 2.34. The summed E-state index contributed by atoms with van der Waals surface area (Å²) in [5, 5.41) is 12.6. The summed E-state index contributed by atoms with van der Waals surface area (Å²) in [7, 11) is 1.96. The molecule has 1 aromatic carbocycles. The van der Waals surface area contributed by atoms with Gasteiger partial charge < -0.3 is 5.32 Å². The SMILES string of the molecule is CNC(C)c1cc(Br)ccc1Sc1nnc2ccccn12. The van der Waals surface area contributed by atoms with Crippen LogP contribution in [-0.4, -0.2) is 21.6 Å². The van der Waals surface area contributed by atoms with Gasteiger partial charge in [0.05, 0.1) is 0 Å². The zero-order chi connectivity index (χ0) is 14.8. The Morgan fingerprint density at radius 2 is 2.10 bits per heavy atom. The van der Waals surface area contributed by atoms with Crippen molar-refractivity contribution in [2.24, 2.45) is 0 Å². The van der Waals surface area contributed by atoms with Crippen LogP contribution in [0.2, 0.25) is 0 Å². The van der Waals surface area contributed by atoms with E-state index in [1.54, 1.807) is 11.8 Å². The van der Waals surface area contributed by atoms with E-state index in [0.29, 0.717) is 0 Å². The van der Waals surface area contributed by atoms with Gasteiger partial charge in [0, 0.05) is 21.6 Å².